The zero-order chi connectivity index (χ0) is 17.0. The fraction of sp³-hybridized carbons (Fsp3) is 0.0667. The lowest BCUT2D eigenvalue weighted by atomic mass is 10.2. The van der Waals surface area contributed by atoms with E-state index in [0.717, 1.165) is 6.07 Å². The van der Waals surface area contributed by atoms with E-state index in [9.17, 15) is 14.9 Å². The van der Waals surface area contributed by atoms with E-state index in [-0.39, 0.29) is 22.7 Å². The van der Waals surface area contributed by atoms with Gasteiger partial charge in [0.25, 0.3) is 5.69 Å². The number of methoxy groups -OCH3 is 1. The van der Waals surface area contributed by atoms with Crippen molar-refractivity contribution in [3.63, 3.8) is 0 Å². The lowest BCUT2D eigenvalue weighted by Crippen LogP contribution is -2.11. The van der Waals surface area contributed by atoms with Gasteiger partial charge in [-0.2, -0.15) is 5.26 Å². The molecule has 0 spiro atoms. The van der Waals surface area contributed by atoms with Crippen LogP contribution in [0.1, 0.15) is 15.9 Å². The van der Waals surface area contributed by atoms with Crippen molar-refractivity contribution in [3.8, 4) is 17.6 Å². The van der Waals surface area contributed by atoms with Crippen LogP contribution in [0.5, 0.6) is 11.5 Å². The molecular weight excluding hydrogens is 415 g/mol. The first-order valence-electron chi connectivity index (χ1n) is 6.20. The van der Waals surface area contributed by atoms with Crippen molar-refractivity contribution in [2.75, 3.05) is 7.11 Å². The Morgan fingerprint density at radius 1 is 1.26 bits per heavy atom. The van der Waals surface area contributed by atoms with Crippen molar-refractivity contribution < 1.29 is 19.2 Å². The van der Waals surface area contributed by atoms with Crippen LogP contribution >= 0.6 is 22.6 Å². The molecule has 0 aliphatic heterocycles. The number of carbonyl (C=O) groups excluding carboxylic acids is 1. The summed E-state index contributed by atoms with van der Waals surface area (Å²) >= 11 is 1.89. The predicted octanol–water partition coefficient (Wildman–Crippen LogP) is 3.30. The first kappa shape index (κ1) is 16.7. The summed E-state index contributed by atoms with van der Waals surface area (Å²) in [6, 6.07) is 10.2. The number of carbonyl (C=O) groups is 1. The first-order valence-corrected chi connectivity index (χ1v) is 7.28. The Bertz CT molecular complexity index is 829. The van der Waals surface area contributed by atoms with Crippen LogP contribution in [-0.2, 0) is 0 Å². The van der Waals surface area contributed by atoms with Crippen LogP contribution in [0.15, 0.2) is 36.4 Å². The summed E-state index contributed by atoms with van der Waals surface area (Å²) in [6.45, 7) is 0. The number of nitro groups is 1. The van der Waals surface area contributed by atoms with E-state index < -0.39 is 10.9 Å². The molecule has 0 aromatic heterocycles. The van der Waals surface area contributed by atoms with Crippen LogP contribution in [0.4, 0.5) is 5.69 Å². The molecule has 116 valence electrons. The monoisotopic (exact) mass is 424 g/mol. The van der Waals surface area contributed by atoms with Gasteiger partial charge in [-0.3, -0.25) is 10.1 Å². The average Bonchev–Trinajstić information content (AvgIpc) is 2.55. The van der Waals surface area contributed by atoms with E-state index in [4.69, 9.17) is 14.7 Å². The second kappa shape index (κ2) is 7.06. The molecule has 0 amide bonds. The quantitative estimate of drug-likeness (QED) is 0.245. The summed E-state index contributed by atoms with van der Waals surface area (Å²) in [6.07, 6.45) is 0. The third-order valence-electron chi connectivity index (χ3n) is 2.88. The maximum Gasteiger partial charge on any atom is 0.345 e. The van der Waals surface area contributed by atoms with Crippen LogP contribution < -0.4 is 9.47 Å². The molecule has 0 atom stereocenters. The second-order valence-corrected chi connectivity index (χ2v) is 5.45. The Labute approximate surface area is 144 Å². The van der Waals surface area contributed by atoms with Crippen molar-refractivity contribution in [2.24, 2.45) is 0 Å². The largest absolute Gasteiger partial charge is 0.493 e. The van der Waals surface area contributed by atoms with E-state index in [1.807, 2.05) is 28.7 Å². The van der Waals surface area contributed by atoms with Gasteiger partial charge in [-0.1, -0.05) is 0 Å². The number of hydrogen-bond donors (Lipinski definition) is 0. The minimum Gasteiger partial charge on any atom is -0.493 e. The van der Waals surface area contributed by atoms with E-state index in [2.05, 4.69) is 0 Å². The zero-order valence-electron chi connectivity index (χ0n) is 11.8. The molecule has 0 saturated heterocycles. The molecule has 2 aromatic rings. The number of hydrogen-bond acceptors (Lipinski definition) is 6. The molecule has 23 heavy (non-hydrogen) atoms. The van der Waals surface area contributed by atoms with Crippen molar-refractivity contribution in [3.05, 3.63) is 61.2 Å². The Morgan fingerprint density at radius 2 is 2.00 bits per heavy atom. The van der Waals surface area contributed by atoms with E-state index in [1.165, 1.54) is 37.4 Å². The van der Waals surface area contributed by atoms with Gasteiger partial charge in [0.15, 0.2) is 11.5 Å². The van der Waals surface area contributed by atoms with E-state index in [0.29, 0.717) is 9.13 Å². The minimum atomic E-state index is -0.749. The number of esters is 1. The Hall–Kier alpha value is -2.67. The molecule has 8 heteroatoms. The van der Waals surface area contributed by atoms with Gasteiger partial charge in [0.1, 0.15) is 0 Å². The minimum absolute atomic E-state index is 0.0752. The molecule has 0 saturated carbocycles. The highest BCUT2D eigenvalue weighted by Gasteiger charge is 2.19. The normalized spacial score (nSPS) is 9.78. The molecule has 0 aliphatic rings. The summed E-state index contributed by atoms with van der Waals surface area (Å²) in [5.74, 6) is -0.405. The van der Waals surface area contributed by atoms with Crippen molar-refractivity contribution >= 4 is 34.2 Å². The second-order valence-electron chi connectivity index (χ2n) is 4.29. The topological polar surface area (TPSA) is 102 Å². The predicted molar refractivity (Wildman–Crippen MR) is 88.5 cm³/mol. The number of halogens is 1. The number of nitro benzene ring substituents is 1. The van der Waals surface area contributed by atoms with Gasteiger partial charge in [0.05, 0.1) is 29.2 Å². The molecule has 7 nitrogen and oxygen atoms in total. The number of nitriles is 1. The molecule has 2 rings (SSSR count). The highest BCUT2D eigenvalue weighted by Crippen LogP contribution is 2.29. The Morgan fingerprint density at radius 3 is 2.61 bits per heavy atom. The summed E-state index contributed by atoms with van der Waals surface area (Å²) in [4.78, 5) is 22.5. The maximum atomic E-state index is 12.3. The third-order valence-corrected chi connectivity index (χ3v) is 3.82. The number of rotatable bonds is 4. The molecular formula is C15H9IN2O5. The van der Waals surface area contributed by atoms with Crippen LogP contribution in [-0.4, -0.2) is 18.0 Å². The summed E-state index contributed by atoms with van der Waals surface area (Å²) < 4.78 is 10.8. The fourth-order valence-corrected chi connectivity index (χ4v) is 2.32. The van der Waals surface area contributed by atoms with Crippen LogP contribution in [0.25, 0.3) is 0 Å². The highest BCUT2D eigenvalue weighted by molar-refractivity contribution is 14.1. The summed E-state index contributed by atoms with van der Waals surface area (Å²) in [5.41, 5.74) is 0.224. The molecule has 0 unspecified atom stereocenters. The summed E-state index contributed by atoms with van der Waals surface area (Å²) in [7, 11) is 1.38. The SMILES string of the molecule is COc1cc(C#N)ccc1OC(=O)c1cc([N+](=O)[O-])ccc1I. The molecule has 0 N–H and O–H groups in total. The van der Waals surface area contributed by atoms with Crippen LogP contribution in [0.2, 0.25) is 0 Å². The van der Waals surface area contributed by atoms with Crippen LogP contribution in [0, 0.1) is 25.0 Å². The van der Waals surface area contributed by atoms with Crippen molar-refractivity contribution in [1.82, 2.24) is 0 Å². The van der Waals surface area contributed by atoms with E-state index in [1.54, 1.807) is 0 Å². The smallest absolute Gasteiger partial charge is 0.345 e. The lowest BCUT2D eigenvalue weighted by Gasteiger charge is -2.10. The Balaban J connectivity index is 2.35. The van der Waals surface area contributed by atoms with Gasteiger partial charge in [-0.05, 0) is 40.8 Å². The van der Waals surface area contributed by atoms with Gasteiger partial charge in [0.2, 0.25) is 0 Å². The maximum absolute atomic E-state index is 12.3. The number of ether oxygens (including phenoxy) is 2. The number of benzene rings is 2. The van der Waals surface area contributed by atoms with Gasteiger partial charge in [0, 0.05) is 21.8 Å². The molecule has 2 aromatic carbocycles. The van der Waals surface area contributed by atoms with Crippen LogP contribution in [0.3, 0.4) is 0 Å². The van der Waals surface area contributed by atoms with Gasteiger partial charge in [-0.25, -0.2) is 4.79 Å². The fourth-order valence-electron chi connectivity index (χ4n) is 1.76. The van der Waals surface area contributed by atoms with Gasteiger partial charge >= 0.3 is 5.97 Å². The third kappa shape index (κ3) is 3.75. The lowest BCUT2D eigenvalue weighted by molar-refractivity contribution is -0.384. The van der Waals surface area contributed by atoms with E-state index >= 15 is 0 Å². The summed E-state index contributed by atoms with van der Waals surface area (Å²) in [5, 5.41) is 19.7. The molecule has 0 heterocycles. The average molecular weight is 424 g/mol. The Kier molecular flexibility index (Phi) is 5.13. The number of non-ortho nitro benzene ring substituents is 1. The standard InChI is InChI=1S/C15H9IN2O5/c1-22-14-6-9(8-17)2-5-13(14)23-15(19)11-7-10(18(20)21)3-4-12(11)16/h2-7H,1H3. The van der Waals surface area contributed by atoms with Gasteiger partial charge in [-0.15, -0.1) is 0 Å². The van der Waals surface area contributed by atoms with Crippen molar-refractivity contribution in [1.29, 1.82) is 5.26 Å². The molecule has 0 bridgehead atoms. The van der Waals surface area contributed by atoms with Crippen molar-refractivity contribution in [2.45, 2.75) is 0 Å². The zero-order valence-corrected chi connectivity index (χ0v) is 13.9. The molecule has 0 aliphatic carbocycles. The first-order chi connectivity index (χ1) is 11.0. The highest BCUT2D eigenvalue weighted by atomic mass is 127. The molecule has 0 fully saturated rings. The van der Waals surface area contributed by atoms with Gasteiger partial charge < -0.3 is 9.47 Å². The molecule has 0 radical (unpaired) electrons. The number of nitrogens with zero attached hydrogens (tertiary/aromatic N) is 2.